The second kappa shape index (κ2) is 5.99. The Bertz CT molecular complexity index is 597. The predicted molar refractivity (Wildman–Crippen MR) is 75.7 cm³/mol. The van der Waals surface area contributed by atoms with Crippen LogP contribution in [0.4, 0.5) is 18.0 Å². The first-order chi connectivity index (χ1) is 10.5. The highest BCUT2D eigenvalue weighted by molar-refractivity contribution is 5.68. The summed E-state index contributed by atoms with van der Waals surface area (Å²) >= 11 is 0. The third-order valence-electron chi connectivity index (χ3n) is 3.37. The Balaban J connectivity index is 2.25. The highest BCUT2D eigenvalue weighted by Crippen LogP contribution is 2.33. The van der Waals surface area contributed by atoms with Gasteiger partial charge in [-0.25, -0.2) is 9.78 Å². The molecule has 0 unspecified atom stereocenters. The van der Waals surface area contributed by atoms with Gasteiger partial charge in [0, 0.05) is 5.69 Å². The summed E-state index contributed by atoms with van der Waals surface area (Å²) in [5.41, 5.74) is -1.09. The zero-order chi connectivity index (χ0) is 17.4. The predicted octanol–water partition coefficient (Wildman–Crippen LogP) is 2.97. The van der Waals surface area contributed by atoms with Crippen LogP contribution in [0.25, 0.3) is 0 Å². The number of hydrogen-bond donors (Lipinski definition) is 2. The van der Waals surface area contributed by atoms with Crippen LogP contribution in [0.2, 0.25) is 0 Å². The zero-order valence-corrected chi connectivity index (χ0v) is 13.1. The van der Waals surface area contributed by atoms with Crippen LogP contribution in [0.5, 0.6) is 0 Å². The van der Waals surface area contributed by atoms with Gasteiger partial charge in [0.2, 0.25) is 0 Å². The second-order valence-electron chi connectivity index (χ2n) is 6.46. The molecule has 2 N–H and O–H groups in total. The molecule has 1 aliphatic carbocycles. The average Bonchev–Trinajstić information content (AvgIpc) is 2.38. The van der Waals surface area contributed by atoms with Gasteiger partial charge in [0.25, 0.3) is 0 Å². The topological polar surface area (TPSA) is 71.5 Å². The minimum atomic E-state index is -4.53. The summed E-state index contributed by atoms with van der Waals surface area (Å²) < 4.78 is 43.3. The third kappa shape index (κ3) is 4.34. The highest BCUT2D eigenvalue weighted by Gasteiger charge is 2.36. The lowest BCUT2D eigenvalue weighted by Gasteiger charge is -2.31. The number of alkyl carbamates (subject to hydrolysis) is 1. The molecule has 0 saturated heterocycles. The van der Waals surface area contributed by atoms with Crippen LogP contribution >= 0.6 is 0 Å². The maximum atomic E-state index is 12.7. The van der Waals surface area contributed by atoms with E-state index in [2.05, 4.69) is 10.3 Å². The fourth-order valence-corrected chi connectivity index (χ4v) is 2.42. The summed E-state index contributed by atoms with van der Waals surface area (Å²) in [5.74, 6) is 0. The van der Waals surface area contributed by atoms with Crippen LogP contribution in [-0.4, -0.2) is 27.9 Å². The zero-order valence-electron chi connectivity index (χ0n) is 13.1. The van der Waals surface area contributed by atoms with Crippen molar-refractivity contribution in [3.05, 3.63) is 29.1 Å². The van der Waals surface area contributed by atoms with E-state index in [0.717, 1.165) is 6.07 Å². The van der Waals surface area contributed by atoms with Crippen molar-refractivity contribution in [3.63, 3.8) is 0 Å². The van der Waals surface area contributed by atoms with Crippen LogP contribution in [0.15, 0.2) is 12.1 Å². The molecule has 1 aliphatic rings. The summed E-state index contributed by atoms with van der Waals surface area (Å²) in [7, 11) is 0. The molecule has 0 spiro atoms. The first-order valence-electron chi connectivity index (χ1n) is 7.22. The molecule has 1 aromatic heterocycles. The van der Waals surface area contributed by atoms with Gasteiger partial charge in [-0.3, -0.25) is 0 Å². The SMILES string of the molecule is CC(C)(C)OC(=O)N[C@H]1c2ccc(C(F)(F)F)nc2CC[C@H]1O. The Kier molecular flexibility index (Phi) is 4.57. The van der Waals surface area contributed by atoms with E-state index in [-0.39, 0.29) is 18.5 Å². The first kappa shape index (κ1) is 17.5. The number of nitrogens with zero attached hydrogens (tertiary/aromatic N) is 1. The Morgan fingerprint density at radius 2 is 2.00 bits per heavy atom. The standard InChI is InChI=1S/C15H19F3N2O3/c1-14(2,3)23-13(22)20-12-8-4-7-11(15(16,17)18)19-9(8)5-6-10(12)21/h4,7,10,12,21H,5-6H2,1-3H3,(H,20,22)/t10-,12+/m1/s1. The molecule has 1 amide bonds. The molecule has 1 aromatic rings. The summed E-state index contributed by atoms with van der Waals surface area (Å²) in [5, 5.41) is 12.6. The van der Waals surface area contributed by atoms with E-state index in [1.54, 1.807) is 20.8 Å². The number of fused-ring (bicyclic) bond motifs is 1. The molecule has 23 heavy (non-hydrogen) atoms. The Morgan fingerprint density at radius 1 is 1.35 bits per heavy atom. The van der Waals surface area contributed by atoms with Crippen molar-refractivity contribution in [1.82, 2.24) is 10.3 Å². The van der Waals surface area contributed by atoms with E-state index < -0.39 is 35.7 Å². The number of aromatic nitrogens is 1. The van der Waals surface area contributed by atoms with Crippen molar-refractivity contribution in [1.29, 1.82) is 0 Å². The van der Waals surface area contributed by atoms with Crippen LogP contribution in [0, 0.1) is 0 Å². The molecule has 0 bridgehead atoms. The number of alkyl halides is 3. The fourth-order valence-electron chi connectivity index (χ4n) is 2.42. The van der Waals surface area contributed by atoms with E-state index in [0.29, 0.717) is 5.56 Å². The van der Waals surface area contributed by atoms with Gasteiger partial charge in [-0.1, -0.05) is 6.07 Å². The van der Waals surface area contributed by atoms with Gasteiger partial charge >= 0.3 is 12.3 Å². The lowest BCUT2D eigenvalue weighted by Crippen LogP contribution is -2.42. The van der Waals surface area contributed by atoms with Crippen molar-refractivity contribution < 1.29 is 27.8 Å². The summed E-state index contributed by atoms with van der Waals surface area (Å²) in [6, 6.07) is 1.25. The van der Waals surface area contributed by atoms with E-state index in [9.17, 15) is 23.1 Å². The number of amides is 1. The molecule has 8 heteroatoms. The quantitative estimate of drug-likeness (QED) is 0.829. The number of aliphatic hydroxyl groups excluding tert-OH is 1. The maximum absolute atomic E-state index is 12.7. The molecular weight excluding hydrogens is 313 g/mol. The number of carbonyl (C=O) groups excluding carboxylic acids is 1. The Hall–Kier alpha value is -1.83. The lowest BCUT2D eigenvalue weighted by atomic mass is 9.88. The second-order valence-corrected chi connectivity index (χ2v) is 6.46. The Labute approximate surface area is 131 Å². The van der Waals surface area contributed by atoms with Gasteiger partial charge in [0.15, 0.2) is 0 Å². The van der Waals surface area contributed by atoms with E-state index in [4.69, 9.17) is 4.74 Å². The van der Waals surface area contributed by atoms with Crippen LogP contribution in [-0.2, 0) is 17.3 Å². The van der Waals surface area contributed by atoms with E-state index in [1.807, 2.05) is 0 Å². The Morgan fingerprint density at radius 3 is 2.57 bits per heavy atom. The number of ether oxygens (including phenoxy) is 1. The normalized spacial score (nSPS) is 21.5. The monoisotopic (exact) mass is 332 g/mol. The minimum absolute atomic E-state index is 0.210. The smallest absolute Gasteiger partial charge is 0.433 e. The van der Waals surface area contributed by atoms with Gasteiger partial charge < -0.3 is 15.2 Å². The molecule has 2 atom stereocenters. The first-order valence-corrected chi connectivity index (χ1v) is 7.22. The lowest BCUT2D eigenvalue weighted by molar-refractivity contribution is -0.141. The summed E-state index contributed by atoms with van der Waals surface area (Å²) in [6.45, 7) is 5.07. The van der Waals surface area contributed by atoms with Crippen LogP contribution in [0.3, 0.4) is 0 Å². The summed E-state index contributed by atoms with van der Waals surface area (Å²) in [4.78, 5) is 15.5. The highest BCUT2D eigenvalue weighted by atomic mass is 19.4. The van der Waals surface area contributed by atoms with Gasteiger partial charge in [0.1, 0.15) is 11.3 Å². The molecule has 0 saturated carbocycles. The fraction of sp³-hybridized carbons (Fsp3) is 0.600. The largest absolute Gasteiger partial charge is 0.444 e. The van der Waals surface area contributed by atoms with Crippen molar-refractivity contribution in [2.45, 2.75) is 57.5 Å². The molecule has 128 valence electrons. The number of rotatable bonds is 1. The van der Waals surface area contributed by atoms with Gasteiger partial charge in [-0.2, -0.15) is 13.2 Å². The number of carbonyl (C=O) groups is 1. The maximum Gasteiger partial charge on any atom is 0.433 e. The number of halogens is 3. The third-order valence-corrected chi connectivity index (χ3v) is 3.37. The summed E-state index contributed by atoms with van der Waals surface area (Å²) in [6.07, 6.45) is -5.75. The van der Waals surface area contributed by atoms with Crippen molar-refractivity contribution in [2.24, 2.45) is 0 Å². The van der Waals surface area contributed by atoms with E-state index in [1.165, 1.54) is 6.07 Å². The van der Waals surface area contributed by atoms with Gasteiger partial charge in [0.05, 0.1) is 12.1 Å². The number of nitrogens with one attached hydrogen (secondary N) is 1. The van der Waals surface area contributed by atoms with E-state index >= 15 is 0 Å². The molecule has 5 nitrogen and oxygen atoms in total. The molecular formula is C15H19F3N2O3. The number of pyridine rings is 1. The molecule has 0 radical (unpaired) electrons. The number of aliphatic hydroxyl groups is 1. The molecule has 2 rings (SSSR count). The van der Waals surface area contributed by atoms with Crippen LogP contribution in [0.1, 0.15) is 50.2 Å². The molecule has 0 aliphatic heterocycles. The number of hydrogen-bond acceptors (Lipinski definition) is 4. The van der Waals surface area contributed by atoms with Crippen molar-refractivity contribution in [3.8, 4) is 0 Å². The molecule has 1 heterocycles. The minimum Gasteiger partial charge on any atom is -0.444 e. The average molecular weight is 332 g/mol. The molecule has 0 fully saturated rings. The van der Waals surface area contributed by atoms with Gasteiger partial charge in [-0.05, 0) is 45.2 Å². The number of aryl methyl sites for hydroxylation is 1. The molecule has 0 aromatic carbocycles. The van der Waals surface area contributed by atoms with Crippen molar-refractivity contribution >= 4 is 6.09 Å². The van der Waals surface area contributed by atoms with Crippen LogP contribution < -0.4 is 5.32 Å². The van der Waals surface area contributed by atoms with Gasteiger partial charge in [-0.15, -0.1) is 0 Å². The van der Waals surface area contributed by atoms with Crippen molar-refractivity contribution in [2.75, 3.05) is 0 Å².